The number of nitrogens with one attached hydrogen (secondary N) is 2. The van der Waals surface area contributed by atoms with Crippen LogP contribution in [0.1, 0.15) is 30.3 Å². The van der Waals surface area contributed by atoms with Crippen LogP contribution in [0.4, 0.5) is 5.82 Å². The number of nitrogens with two attached hydrogens (primary N) is 1. The number of rotatable bonds is 4. The van der Waals surface area contributed by atoms with Crippen LogP contribution >= 0.6 is 0 Å². The first-order chi connectivity index (χ1) is 9.52. The molecule has 7 nitrogen and oxygen atoms in total. The van der Waals surface area contributed by atoms with Crippen molar-refractivity contribution < 1.29 is 4.79 Å². The zero-order chi connectivity index (χ0) is 14.6. The van der Waals surface area contributed by atoms with Crippen molar-refractivity contribution in [1.29, 1.82) is 0 Å². The number of hydrogen-bond donors (Lipinski definition) is 3. The second kappa shape index (κ2) is 6.15. The minimum absolute atomic E-state index is 0.161. The molecule has 0 aromatic carbocycles. The van der Waals surface area contributed by atoms with Gasteiger partial charge in [-0.25, -0.2) is 5.84 Å². The van der Waals surface area contributed by atoms with Gasteiger partial charge in [0.25, 0.3) is 5.91 Å². The molecular weight excluding hydrogens is 256 g/mol. The average molecular weight is 278 g/mol. The maximum Gasteiger partial charge on any atom is 0.271 e. The van der Waals surface area contributed by atoms with Crippen molar-refractivity contribution in [2.45, 2.75) is 19.8 Å². The normalized spacial score (nSPS) is 18.6. The fraction of sp³-hybridized carbons (Fsp3) is 0.615. The van der Waals surface area contributed by atoms with Crippen LogP contribution in [0, 0.1) is 5.41 Å². The Labute approximate surface area is 118 Å². The molecule has 7 heteroatoms. The monoisotopic (exact) mass is 278 g/mol. The second-order valence-corrected chi connectivity index (χ2v) is 5.74. The molecule has 2 heterocycles. The molecule has 0 aliphatic carbocycles. The van der Waals surface area contributed by atoms with E-state index in [1.807, 2.05) is 0 Å². The van der Waals surface area contributed by atoms with E-state index >= 15 is 0 Å². The molecule has 1 aromatic rings. The van der Waals surface area contributed by atoms with Crippen molar-refractivity contribution in [3.63, 3.8) is 0 Å². The summed E-state index contributed by atoms with van der Waals surface area (Å²) < 4.78 is 0. The van der Waals surface area contributed by atoms with Gasteiger partial charge < -0.3 is 15.6 Å². The van der Waals surface area contributed by atoms with Gasteiger partial charge in [0.05, 0.1) is 0 Å². The van der Waals surface area contributed by atoms with Crippen LogP contribution in [-0.4, -0.2) is 47.7 Å². The lowest BCUT2D eigenvalue weighted by atomic mass is 9.80. The van der Waals surface area contributed by atoms with Gasteiger partial charge in [0.1, 0.15) is 0 Å². The lowest BCUT2D eigenvalue weighted by Crippen LogP contribution is -2.43. The minimum Gasteiger partial charge on any atom is -0.350 e. The first-order valence-electron chi connectivity index (χ1n) is 6.79. The lowest BCUT2D eigenvalue weighted by molar-refractivity contribution is 0.0886. The van der Waals surface area contributed by atoms with E-state index in [4.69, 9.17) is 5.84 Å². The number of piperidine rings is 1. The highest BCUT2D eigenvalue weighted by Crippen LogP contribution is 2.29. The molecule has 0 unspecified atom stereocenters. The van der Waals surface area contributed by atoms with Crippen LogP contribution in [0.2, 0.25) is 0 Å². The van der Waals surface area contributed by atoms with Crippen LogP contribution in [0.25, 0.3) is 0 Å². The van der Waals surface area contributed by atoms with E-state index in [0.717, 1.165) is 25.9 Å². The van der Waals surface area contributed by atoms with Crippen LogP contribution in [-0.2, 0) is 0 Å². The summed E-state index contributed by atoms with van der Waals surface area (Å²) in [7, 11) is 2.13. The SMILES string of the molecule is CN1CCC(C)(CNC(=O)c2ccc(NN)nn2)CC1. The Balaban J connectivity index is 1.88. The van der Waals surface area contributed by atoms with Crippen molar-refractivity contribution in [1.82, 2.24) is 20.4 Å². The third-order valence-electron chi connectivity index (χ3n) is 3.91. The van der Waals surface area contributed by atoms with E-state index in [1.165, 1.54) is 0 Å². The summed E-state index contributed by atoms with van der Waals surface area (Å²) in [5, 5.41) is 10.6. The van der Waals surface area contributed by atoms with E-state index in [2.05, 4.69) is 39.8 Å². The van der Waals surface area contributed by atoms with Gasteiger partial charge in [-0.15, -0.1) is 10.2 Å². The molecule has 1 aromatic heterocycles. The summed E-state index contributed by atoms with van der Waals surface area (Å²) in [5.74, 6) is 5.44. The maximum atomic E-state index is 12.0. The number of anilines is 1. The molecule has 1 amide bonds. The van der Waals surface area contributed by atoms with E-state index in [0.29, 0.717) is 18.1 Å². The summed E-state index contributed by atoms with van der Waals surface area (Å²) in [6.45, 7) is 5.03. The molecule has 20 heavy (non-hydrogen) atoms. The van der Waals surface area contributed by atoms with Gasteiger partial charge in [0.2, 0.25) is 0 Å². The summed E-state index contributed by atoms with van der Waals surface area (Å²) in [6.07, 6.45) is 2.18. The fourth-order valence-corrected chi connectivity index (χ4v) is 2.25. The van der Waals surface area contributed by atoms with Gasteiger partial charge in [-0.2, -0.15) is 0 Å². The first kappa shape index (κ1) is 14.7. The molecule has 1 fully saturated rings. The van der Waals surface area contributed by atoms with Crippen LogP contribution in [0.5, 0.6) is 0 Å². The van der Waals surface area contributed by atoms with Crippen molar-refractivity contribution in [2.75, 3.05) is 32.1 Å². The molecule has 110 valence electrons. The molecule has 2 rings (SSSR count). The van der Waals surface area contributed by atoms with E-state index < -0.39 is 0 Å². The molecule has 0 saturated carbocycles. The minimum atomic E-state index is -0.193. The molecule has 1 aliphatic rings. The third-order valence-corrected chi connectivity index (χ3v) is 3.91. The zero-order valence-electron chi connectivity index (χ0n) is 12.0. The number of aromatic nitrogens is 2. The summed E-state index contributed by atoms with van der Waals surface area (Å²) in [5.41, 5.74) is 2.84. The summed E-state index contributed by atoms with van der Waals surface area (Å²) >= 11 is 0. The van der Waals surface area contributed by atoms with Gasteiger partial charge in [-0.3, -0.25) is 4.79 Å². The van der Waals surface area contributed by atoms with Gasteiger partial charge in [-0.1, -0.05) is 6.92 Å². The number of nitrogen functional groups attached to an aromatic ring is 1. The fourth-order valence-electron chi connectivity index (χ4n) is 2.25. The Hall–Kier alpha value is -1.73. The zero-order valence-corrected chi connectivity index (χ0v) is 12.0. The first-order valence-corrected chi connectivity index (χ1v) is 6.79. The topological polar surface area (TPSA) is 96.2 Å². The van der Waals surface area contributed by atoms with Crippen molar-refractivity contribution in [2.24, 2.45) is 11.3 Å². The second-order valence-electron chi connectivity index (χ2n) is 5.74. The Morgan fingerprint density at radius 2 is 2.10 bits per heavy atom. The number of carbonyl (C=O) groups is 1. The molecule has 4 N–H and O–H groups in total. The number of amides is 1. The molecule has 0 bridgehead atoms. The third kappa shape index (κ3) is 3.64. The Kier molecular flexibility index (Phi) is 4.51. The highest BCUT2D eigenvalue weighted by atomic mass is 16.1. The summed E-state index contributed by atoms with van der Waals surface area (Å²) in [4.78, 5) is 14.3. The Bertz CT molecular complexity index is 452. The predicted molar refractivity (Wildman–Crippen MR) is 77.0 cm³/mol. The standard InChI is InChI=1S/C13H22N6O/c1-13(5-7-19(2)8-6-13)9-15-12(20)10-3-4-11(16-14)18-17-10/h3-4H,5-9,14H2,1-2H3,(H,15,20)(H,16,18). The van der Waals surface area contributed by atoms with Crippen molar-refractivity contribution in [3.8, 4) is 0 Å². The number of hydrogen-bond acceptors (Lipinski definition) is 6. The van der Waals surface area contributed by atoms with Crippen LogP contribution in [0.3, 0.4) is 0 Å². The van der Waals surface area contributed by atoms with Crippen LogP contribution < -0.4 is 16.6 Å². The lowest BCUT2D eigenvalue weighted by Gasteiger charge is -2.37. The largest absolute Gasteiger partial charge is 0.350 e. The van der Waals surface area contributed by atoms with Gasteiger partial charge in [0.15, 0.2) is 11.5 Å². The smallest absolute Gasteiger partial charge is 0.271 e. The average Bonchev–Trinajstić information content (AvgIpc) is 2.48. The van der Waals surface area contributed by atoms with E-state index in [9.17, 15) is 4.79 Å². The molecule has 0 atom stereocenters. The van der Waals surface area contributed by atoms with Gasteiger partial charge >= 0.3 is 0 Å². The number of likely N-dealkylation sites (tertiary alicyclic amines) is 1. The maximum absolute atomic E-state index is 12.0. The molecular formula is C13H22N6O. The number of carbonyl (C=O) groups excluding carboxylic acids is 1. The number of hydrazine groups is 1. The van der Waals surface area contributed by atoms with Crippen molar-refractivity contribution in [3.05, 3.63) is 17.8 Å². The molecule has 1 aliphatic heterocycles. The summed E-state index contributed by atoms with van der Waals surface area (Å²) in [6, 6.07) is 3.23. The van der Waals surface area contributed by atoms with E-state index in [1.54, 1.807) is 12.1 Å². The molecule has 0 spiro atoms. The quantitative estimate of drug-likeness (QED) is 0.539. The number of nitrogens with zero attached hydrogens (tertiary/aromatic N) is 3. The highest BCUT2D eigenvalue weighted by molar-refractivity contribution is 5.92. The molecule has 0 radical (unpaired) electrons. The van der Waals surface area contributed by atoms with Gasteiger partial charge in [-0.05, 0) is 50.5 Å². The highest BCUT2D eigenvalue weighted by Gasteiger charge is 2.29. The Morgan fingerprint density at radius 1 is 1.40 bits per heavy atom. The van der Waals surface area contributed by atoms with Crippen molar-refractivity contribution >= 4 is 11.7 Å². The van der Waals surface area contributed by atoms with E-state index in [-0.39, 0.29) is 11.3 Å². The van der Waals surface area contributed by atoms with Gasteiger partial charge in [0, 0.05) is 6.54 Å². The predicted octanol–water partition coefficient (Wildman–Crippen LogP) is 0.224. The molecule has 1 saturated heterocycles. The Morgan fingerprint density at radius 3 is 2.65 bits per heavy atom. The van der Waals surface area contributed by atoms with Crippen LogP contribution in [0.15, 0.2) is 12.1 Å².